The molecule has 0 aliphatic rings. The van der Waals surface area contributed by atoms with Crippen molar-refractivity contribution in [3.05, 3.63) is 42.0 Å². The summed E-state index contributed by atoms with van der Waals surface area (Å²) in [6.07, 6.45) is 2.88. The average Bonchev–Trinajstić information content (AvgIpc) is 2.77. The van der Waals surface area contributed by atoms with Gasteiger partial charge in [-0.05, 0) is 6.07 Å². The zero-order chi connectivity index (χ0) is 12.7. The second-order valence-corrected chi connectivity index (χ2v) is 3.69. The van der Waals surface area contributed by atoms with Gasteiger partial charge in [0.15, 0.2) is 22.7 Å². The molecular weight excluding hydrogens is 245 g/mol. The monoisotopic (exact) mass is 251 g/mol. The van der Waals surface area contributed by atoms with E-state index in [1.165, 1.54) is 12.4 Å². The van der Waals surface area contributed by atoms with Gasteiger partial charge in [0.05, 0.1) is 0 Å². The van der Waals surface area contributed by atoms with Crippen molar-refractivity contribution in [2.24, 2.45) is 0 Å². The van der Waals surface area contributed by atoms with Gasteiger partial charge in [0.25, 0.3) is 5.82 Å². The summed E-state index contributed by atoms with van der Waals surface area (Å²) in [6.45, 7) is 0. The zero-order valence-electron chi connectivity index (χ0n) is 8.84. The number of aromatic nitrogens is 4. The van der Waals surface area contributed by atoms with Crippen molar-refractivity contribution in [2.45, 2.75) is 0 Å². The highest BCUT2D eigenvalue weighted by molar-refractivity contribution is 5.72. The minimum Gasteiger partial charge on any atom is -0.235 e. The van der Waals surface area contributed by atoms with Crippen LogP contribution in [0.4, 0.5) is 13.2 Å². The number of benzene rings is 1. The highest BCUT2D eigenvalue weighted by Crippen LogP contribution is 2.22. The van der Waals surface area contributed by atoms with E-state index in [1.807, 2.05) is 0 Å². The van der Waals surface area contributed by atoms with Crippen LogP contribution in [0.15, 0.2) is 24.5 Å². The normalized spacial score (nSPS) is 11.1. The fraction of sp³-hybridized carbons (Fsp3) is 0. The first-order chi connectivity index (χ1) is 8.65. The van der Waals surface area contributed by atoms with Gasteiger partial charge < -0.3 is 0 Å². The maximum Gasteiger partial charge on any atom is 0.288 e. The maximum atomic E-state index is 13.6. The second-order valence-electron chi connectivity index (χ2n) is 3.69. The Bertz CT molecular complexity index is 705. The zero-order valence-corrected chi connectivity index (χ0v) is 8.84. The van der Waals surface area contributed by atoms with Gasteiger partial charge in [-0.1, -0.05) is 0 Å². The topological polar surface area (TPSA) is 55.7 Å². The number of hydrogen-bond donors (Lipinski definition) is 1. The lowest BCUT2D eigenvalue weighted by Crippen LogP contribution is -2.05. The van der Waals surface area contributed by atoms with Gasteiger partial charge >= 0.3 is 0 Å². The third-order valence-electron chi connectivity index (χ3n) is 2.53. The maximum absolute atomic E-state index is 13.6. The third kappa shape index (κ3) is 1.60. The van der Waals surface area contributed by atoms with Crippen molar-refractivity contribution in [2.75, 3.05) is 0 Å². The van der Waals surface area contributed by atoms with E-state index < -0.39 is 17.5 Å². The highest BCUT2D eigenvalue weighted by Gasteiger charge is 2.19. The molecule has 2 heterocycles. The molecule has 0 aliphatic carbocycles. The molecule has 0 atom stereocenters. The molecule has 1 aromatic carbocycles. The van der Waals surface area contributed by atoms with Crippen LogP contribution in [0.25, 0.3) is 22.4 Å². The Morgan fingerprint density at radius 3 is 2.44 bits per heavy atom. The Balaban J connectivity index is 2.22. The summed E-state index contributed by atoms with van der Waals surface area (Å²) in [6, 6.07) is 1.28. The van der Waals surface area contributed by atoms with E-state index in [0.717, 1.165) is 6.07 Å². The van der Waals surface area contributed by atoms with Gasteiger partial charge in [0, 0.05) is 6.07 Å². The molecule has 2 aromatic heterocycles. The standard InChI is InChI=1S/C11H5F3N4/c12-6-2-8(14)7(13)1-5(6)11-17-9-3-15-16-4-10(9)18-11/h1-4H,(H,17,18)/p+1. The Kier molecular flexibility index (Phi) is 2.26. The minimum absolute atomic E-state index is 0.0925. The molecule has 2 N–H and O–H groups in total. The third-order valence-corrected chi connectivity index (χ3v) is 2.53. The molecule has 0 amide bonds. The number of nitrogens with zero attached hydrogens (tertiary/aromatic N) is 2. The lowest BCUT2D eigenvalue weighted by Gasteiger charge is -1.97. The van der Waals surface area contributed by atoms with Gasteiger partial charge in [-0.2, -0.15) is 10.2 Å². The highest BCUT2D eigenvalue weighted by atomic mass is 19.2. The summed E-state index contributed by atoms with van der Waals surface area (Å²) < 4.78 is 39.5. The van der Waals surface area contributed by atoms with E-state index in [9.17, 15) is 13.2 Å². The average molecular weight is 251 g/mol. The molecule has 3 aromatic rings. The number of fused-ring (bicyclic) bond motifs is 1. The van der Waals surface area contributed by atoms with Crippen LogP contribution in [0, 0.1) is 17.5 Å². The fourth-order valence-corrected chi connectivity index (χ4v) is 1.67. The largest absolute Gasteiger partial charge is 0.288 e. The van der Waals surface area contributed by atoms with E-state index in [2.05, 4.69) is 20.2 Å². The summed E-state index contributed by atoms with van der Waals surface area (Å²) in [5.41, 5.74) is 1.08. The predicted octanol–water partition coefficient (Wildman–Crippen LogP) is 1.86. The van der Waals surface area contributed by atoms with Crippen LogP contribution in [0.3, 0.4) is 0 Å². The SMILES string of the molecule is Fc1cc(F)c(-c2[nH]c3cnncc3[nH+]2)cc1F. The van der Waals surface area contributed by atoms with Gasteiger partial charge in [0.1, 0.15) is 23.8 Å². The lowest BCUT2D eigenvalue weighted by atomic mass is 10.2. The fourth-order valence-electron chi connectivity index (χ4n) is 1.67. The van der Waals surface area contributed by atoms with Crippen molar-refractivity contribution >= 4 is 11.0 Å². The number of imidazole rings is 1. The molecule has 3 rings (SSSR count). The van der Waals surface area contributed by atoms with Crippen molar-refractivity contribution in [1.29, 1.82) is 0 Å². The Hall–Kier alpha value is -2.44. The predicted molar refractivity (Wildman–Crippen MR) is 55.8 cm³/mol. The quantitative estimate of drug-likeness (QED) is 0.671. The molecule has 4 nitrogen and oxygen atoms in total. The van der Waals surface area contributed by atoms with E-state index in [-0.39, 0.29) is 11.4 Å². The number of hydrogen-bond acceptors (Lipinski definition) is 2. The number of nitrogens with one attached hydrogen (secondary N) is 2. The van der Waals surface area contributed by atoms with Crippen LogP contribution in [-0.2, 0) is 0 Å². The van der Waals surface area contributed by atoms with Crippen molar-refractivity contribution < 1.29 is 18.2 Å². The number of halogens is 3. The molecule has 0 radical (unpaired) electrons. The Labute approximate surface area is 98.5 Å². The van der Waals surface area contributed by atoms with E-state index in [1.54, 1.807) is 0 Å². The van der Waals surface area contributed by atoms with Gasteiger partial charge in [-0.3, -0.25) is 0 Å². The molecule has 18 heavy (non-hydrogen) atoms. The Morgan fingerprint density at radius 2 is 1.67 bits per heavy atom. The molecule has 0 fully saturated rings. The molecular formula is C11H6F3N4+. The number of H-pyrrole nitrogens is 2. The van der Waals surface area contributed by atoms with Crippen LogP contribution >= 0.6 is 0 Å². The summed E-state index contributed by atoms with van der Waals surface area (Å²) in [5.74, 6) is -2.99. The molecule has 0 unspecified atom stereocenters. The first kappa shape index (κ1) is 10.7. The van der Waals surface area contributed by atoms with Gasteiger partial charge in [-0.15, -0.1) is 0 Å². The summed E-state index contributed by atoms with van der Waals surface area (Å²) in [4.78, 5) is 5.62. The first-order valence-electron chi connectivity index (χ1n) is 5.02. The summed E-state index contributed by atoms with van der Waals surface area (Å²) in [7, 11) is 0. The van der Waals surface area contributed by atoms with Crippen LogP contribution < -0.4 is 4.98 Å². The van der Waals surface area contributed by atoms with E-state index in [4.69, 9.17) is 0 Å². The van der Waals surface area contributed by atoms with Gasteiger partial charge in [-0.25, -0.2) is 23.1 Å². The smallest absolute Gasteiger partial charge is 0.235 e. The summed E-state index contributed by atoms with van der Waals surface area (Å²) >= 11 is 0. The first-order valence-corrected chi connectivity index (χ1v) is 5.02. The number of rotatable bonds is 1. The van der Waals surface area contributed by atoms with Crippen LogP contribution in [0.1, 0.15) is 0 Å². The Morgan fingerprint density at radius 1 is 0.944 bits per heavy atom. The van der Waals surface area contributed by atoms with Crippen molar-refractivity contribution in [3.63, 3.8) is 0 Å². The molecule has 0 spiro atoms. The molecule has 0 saturated heterocycles. The van der Waals surface area contributed by atoms with Gasteiger partial charge in [0.2, 0.25) is 0 Å². The number of aromatic amines is 2. The van der Waals surface area contributed by atoms with Crippen molar-refractivity contribution in [1.82, 2.24) is 15.2 Å². The minimum atomic E-state index is -1.23. The van der Waals surface area contributed by atoms with Crippen LogP contribution in [-0.4, -0.2) is 15.2 Å². The molecule has 0 bridgehead atoms. The summed E-state index contributed by atoms with van der Waals surface area (Å²) in [5, 5.41) is 7.29. The van der Waals surface area contributed by atoms with Crippen LogP contribution in [0.2, 0.25) is 0 Å². The molecule has 0 aliphatic heterocycles. The molecule has 90 valence electrons. The van der Waals surface area contributed by atoms with E-state index in [0.29, 0.717) is 17.1 Å². The van der Waals surface area contributed by atoms with Crippen LogP contribution in [0.5, 0.6) is 0 Å². The molecule has 0 saturated carbocycles. The second kappa shape index (κ2) is 3.80. The lowest BCUT2D eigenvalue weighted by molar-refractivity contribution is -0.330. The van der Waals surface area contributed by atoms with E-state index >= 15 is 0 Å². The van der Waals surface area contributed by atoms with Crippen molar-refractivity contribution in [3.8, 4) is 11.4 Å². The molecule has 7 heteroatoms.